The van der Waals surface area contributed by atoms with Crippen molar-refractivity contribution in [2.45, 2.75) is 32.9 Å². The third-order valence-electron chi connectivity index (χ3n) is 2.93. The highest BCUT2D eigenvalue weighted by Crippen LogP contribution is 2.13. The minimum absolute atomic E-state index is 0.151. The molecular formula is C16H19FN2. The normalized spacial score (nSPS) is 10.9. The van der Waals surface area contributed by atoms with Gasteiger partial charge < -0.3 is 5.32 Å². The van der Waals surface area contributed by atoms with Crippen LogP contribution in [0.15, 0.2) is 42.6 Å². The van der Waals surface area contributed by atoms with Crippen LogP contribution < -0.4 is 5.32 Å². The topological polar surface area (TPSA) is 24.9 Å². The van der Waals surface area contributed by atoms with Crippen molar-refractivity contribution < 1.29 is 4.39 Å². The van der Waals surface area contributed by atoms with Crippen LogP contribution in [0, 0.1) is 5.82 Å². The molecule has 0 aliphatic heterocycles. The van der Waals surface area contributed by atoms with Crippen LogP contribution in [0.1, 0.15) is 30.7 Å². The quantitative estimate of drug-likeness (QED) is 0.890. The summed E-state index contributed by atoms with van der Waals surface area (Å²) in [5.74, 6) is -0.151. The molecule has 2 rings (SSSR count). The maximum Gasteiger partial charge on any atom is 0.127 e. The van der Waals surface area contributed by atoms with Crippen molar-refractivity contribution in [3.8, 4) is 0 Å². The van der Waals surface area contributed by atoms with Crippen molar-refractivity contribution in [1.29, 1.82) is 0 Å². The molecule has 0 atom stereocenters. The Bertz CT molecular complexity index is 524. The van der Waals surface area contributed by atoms with E-state index >= 15 is 0 Å². The van der Waals surface area contributed by atoms with Crippen molar-refractivity contribution >= 4 is 0 Å². The minimum atomic E-state index is -0.151. The summed E-state index contributed by atoms with van der Waals surface area (Å²) in [7, 11) is 0. The molecule has 0 fully saturated rings. The molecule has 0 aliphatic rings. The summed E-state index contributed by atoms with van der Waals surface area (Å²) in [6.45, 7) is 4.66. The Hall–Kier alpha value is -1.74. The van der Waals surface area contributed by atoms with Gasteiger partial charge in [0.25, 0.3) is 0 Å². The standard InChI is InChI=1S/C16H19FN2/c1-12(2)19-11-14-7-6-13(10-16(14)17)9-15-5-3-4-8-18-15/h3-8,10,12,19H,9,11H2,1-2H3. The maximum absolute atomic E-state index is 13.9. The molecule has 2 aromatic rings. The zero-order valence-electron chi connectivity index (χ0n) is 11.4. The molecule has 1 aromatic carbocycles. The third kappa shape index (κ3) is 4.14. The third-order valence-corrected chi connectivity index (χ3v) is 2.93. The molecule has 1 N–H and O–H groups in total. The molecule has 2 nitrogen and oxygen atoms in total. The number of hydrogen-bond acceptors (Lipinski definition) is 2. The van der Waals surface area contributed by atoms with Crippen LogP contribution in [0.4, 0.5) is 4.39 Å². The molecule has 3 heteroatoms. The molecular weight excluding hydrogens is 239 g/mol. The molecule has 0 unspecified atom stereocenters. The lowest BCUT2D eigenvalue weighted by molar-refractivity contribution is 0.552. The molecule has 0 amide bonds. The van der Waals surface area contributed by atoms with Crippen LogP contribution in [-0.4, -0.2) is 11.0 Å². The van der Waals surface area contributed by atoms with Crippen molar-refractivity contribution in [3.05, 3.63) is 65.2 Å². The zero-order chi connectivity index (χ0) is 13.7. The number of halogens is 1. The van der Waals surface area contributed by atoms with E-state index in [0.717, 1.165) is 11.3 Å². The maximum atomic E-state index is 13.9. The first-order chi connectivity index (χ1) is 9.15. The highest BCUT2D eigenvalue weighted by atomic mass is 19.1. The minimum Gasteiger partial charge on any atom is -0.310 e. The van der Waals surface area contributed by atoms with Crippen molar-refractivity contribution in [2.24, 2.45) is 0 Å². The average molecular weight is 258 g/mol. The molecule has 0 bridgehead atoms. The van der Waals surface area contributed by atoms with E-state index in [0.29, 0.717) is 24.6 Å². The van der Waals surface area contributed by atoms with E-state index in [1.165, 1.54) is 0 Å². The SMILES string of the molecule is CC(C)NCc1ccc(Cc2ccccn2)cc1F. The van der Waals surface area contributed by atoms with Crippen LogP contribution >= 0.6 is 0 Å². The number of benzene rings is 1. The zero-order valence-corrected chi connectivity index (χ0v) is 11.4. The van der Waals surface area contributed by atoms with Gasteiger partial charge in [-0.2, -0.15) is 0 Å². The number of hydrogen-bond donors (Lipinski definition) is 1. The fourth-order valence-electron chi connectivity index (χ4n) is 1.87. The summed E-state index contributed by atoms with van der Waals surface area (Å²) in [5, 5.41) is 3.22. The molecule has 0 radical (unpaired) electrons. The van der Waals surface area contributed by atoms with Gasteiger partial charge >= 0.3 is 0 Å². The summed E-state index contributed by atoms with van der Waals surface area (Å²) in [5.41, 5.74) is 2.61. The second-order valence-corrected chi connectivity index (χ2v) is 4.96. The van der Waals surface area contributed by atoms with Gasteiger partial charge in [-0.05, 0) is 23.8 Å². The van der Waals surface area contributed by atoms with Gasteiger partial charge in [0.1, 0.15) is 5.82 Å². The van der Waals surface area contributed by atoms with Gasteiger partial charge in [-0.25, -0.2) is 4.39 Å². The van der Waals surface area contributed by atoms with Crippen molar-refractivity contribution in [1.82, 2.24) is 10.3 Å². The van der Waals surface area contributed by atoms with Crippen LogP contribution in [0.2, 0.25) is 0 Å². The molecule has 0 saturated heterocycles. The highest BCUT2D eigenvalue weighted by Gasteiger charge is 2.05. The predicted molar refractivity (Wildman–Crippen MR) is 75.4 cm³/mol. The lowest BCUT2D eigenvalue weighted by Gasteiger charge is -2.10. The van der Waals surface area contributed by atoms with Crippen LogP contribution in [-0.2, 0) is 13.0 Å². The van der Waals surface area contributed by atoms with E-state index in [9.17, 15) is 4.39 Å². The van der Waals surface area contributed by atoms with Gasteiger partial charge in [-0.15, -0.1) is 0 Å². The van der Waals surface area contributed by atoms with Crippen molar-refractivity contribution in [2.75, 3.05) is 0 Å². The smallest absolute Gasteiger partial charge is 0.127 e. The molecule has 0 spiro atoms. The number of pyridine rings is 1. The van der Waals surface area contributed by atoms with E-state index in [1.807, 2.05) is 44.2 Å². The highest BCUT2D eigenvalue weighted by molar-refractivity contribution is 5.27. The van der Waals surface area contributed by atoms with Gasteiger partial charge in [0.05, 0.1) is 0 Å². The van der Waals surface area contributed by atoms with E-state index < -0.39 is 0 Å². The predicted octanol–water partition coefficient (Wildman–Crippen LogP) is 3.31. The number of nitrogens with one attached hydrogen (secondary N) is 1. The monoisotopic (exact) mass is 258 g/mol. The summed E-state index contributed by atoms with van der Waals surface area (Å²) in [6, 6.07) is 11.5. The Labute approximate surface area is 113 Å². The Morgan fingerprint density at radius 1 is 1.21 bits per heavy atom. The summed E-state index contributed by atoms with van der Waals surface area (Å²) in [4.78, 5) is 4.25. The van der Waals surface area contributed by atoms with Gasteiger partial charge in [0.2, 0.25) is 0 Å². The van der Waals surface area contributed by atoms with E-state index in [1.54, 1.807) is 12.3 Å². The Balaban J connectivity index is 2.06. The fourth-order valence-corrected chi connectivity index (χ4v) is 1.87. The lowest BCUT2D eigenvalue weighted by Crippen LogP contribution is -2.22. The first kappa shape index (κ1) is 13.7. The number of rotatable bonds is 5. The van der Waals surface area contributed by atoms with Crippen LogP contribution in [0.25, 0.3) is 0 Å². The molecule has 19 heavy (non-hydrogen) atoms. The summed E-state index contributed by atoms with van der Waals surface area (Å²) in [6.07, 6.45) is 2.42. The van der Waals surface area contributed by atoms with Crippen LogP contribution in [0.5, 0.6) is 0 Å². The number of nitrogens with zero attached hydrogens (tertiary/aromatic N) is 1. The first-order valence-corrected chi connectivity index (χ1v) is 6.56. The Morgan fingerprint density at radius 2 is 2.05 bits per heavy atom. The fraction of sp³-hybridized carbons (Fsp3) is 0.312. The molecule has 1 heterocycles. The Morgan fingerprint density at radius 3 is 2.68 bits per heavy atom. The first-order valence-electron chi connectivity index (χ1n) is 6.56. The van der Waals surface area contributed by atoms with Gasteiger partial charge in [-0.1, -0.05) is 32.0 Å². The van der Waals surface area contributed by atoms with E-state index in [4.69, 9.17) is 0 Å². The van der Waals surface area contributed by atoms with Gasteiger partial charge in [0, 0.05) is 36.5 Å². The molecule has 1 aromatic heterocycles. The Kier molecular flexibility index (Phi) is 4.63. The average Bonchev–Trinajstić information content (AvgIpc) is 2.39. The molecule has 0 saturated carbocycles. The summed E-state index contributed by atoms with van der Waals surface area (Å²) < 4.78 is 13.9. The largest absolute Gasteiger partial charge is 0.310 e. The van der Waals surface area contributed by atoms with Crippen molar-refractivity contribution in [3.63, 3.8) is 0 Å². The molecule has 0 aliphatic carbocycles. The second kappa shape index (κ2) is 6.43. The van der Waals surface area contributed by atoms with E-state index in [2.05, 4.69) is 10.3 Å². The number of aromatic nitrogens is 1. The second-order valence-electron chi connectivity index (χ2n) is 4.96. The van der Waals surface area contributed by atoms with Crippen LogP contribution in [0.3, 0.4) is 0 Å². The molecule has 100 valence electrons. The summed E-state index contributed by atoms with van der Waals surface area (Å²) >= 11 is 0. The lowest BCUT2D eigenvalue weighted by atomic mass is 10.1. The van der Waals surface area contributed by atoms with Gasteiger partial charge in [-0.3, -0.25) is 4.98 Å². The van der Waals surface area contributed by atoms with Gasteiger partial charge in [0.15, 0.2) is 0 Å². The van der Waals surface area contributed by atoms with E-state index in [-0.39, 0.29) is 5.82 Å².